The largest absolute Gasteiger partial charge is 0.300 e. The summed E-state index contributed by atoms with van der Waals surface area (Å²) < 4.78 is 0.825. The third-order valence-corrected chi connectivity index (χ3v) is 3.10. The molecule has 0 fully saturated rings. The minimum atomic E-state index is -0.422. The van der Waals surface area contributed by atoms with Crippen molar-refractivity contribution in [1.29, 1.82) is 0 Å². The third kappa shape index (κ3) is 1.05. The number of carbonyl (C=O) groups is 2. The summed E-state index contributed by atoms with van der Waals surface area (Å²) in [7, 11) is 0. The summed E-state index contributed by atoms with van der Waals surface area (Å²) in [5.41, 5.74) is 2.19. The van der Waals surface area contributed by atoms with Crippen LogP contribution in [0.1, 0.15) is 15.9 Å². The van der Waals surface area contributed by atoms with Gasteiger partial charge in [-0.2, -0.15) is 0 Å². The Kier molecular flexibility index (Phi) is 1.65. The van der Waals surface area contributed by atoms with Gasteiger partial charge in [0, 0.05) is 11.0 Å². The van der Waals surface area contributed by atoms with Gasteiger partial charge in [-0.25, -0.2) is 0 Å². The lowest BCUT2D eigenvalue weighted by Gasteiger charge is -2.20. The van der Waals surface area contributed by atoms with E-state index in [0.29, 0.717) is 12.1 Å². The van der Waals surface area contributed by atoms with Gasteiger partial charge in [0.2, 0.25) is 0 Å². The van der Waals surface area contributed by atoms with Crippen LogP contribution >= 0.6 is 15.9 Å². The fraction of sp³-hybridized carbons (Fsp3) is 0.0909. The molecule has 0 aliphatic carbocycles. The summed E-state index contributed by atoms with van der Waals surface area (Å²) in [6, 6.07) is 3.62. The van der Waals surface area contributed by atoms with E-state index in [1.807, 2.05) is 18.2 Å². The van der Waals surface area contributed by atoms with Crippen molar-refractivity contribution in [3.8, 4) is 0 Å². The van der Waals surface area contributed by atoms with Crippen LogP contribution in [0, 0.1) is 0 Å². The molecule has 3 nitrogen and oxygen atoms in total. The van der Waals surface area contributed by atoms with Gasteiger partial charge in [0.25, 0.3) is 11.7 Å². The number of amides is 1. The van der Waals surface area contributed by atoms with Crippen LogP contribution in [0.5, 0.6) is 0 Å². The molecule has 3 rings (SSSR count). The van der Waals surface area contributed by atoms with E-state index in [9.17, 15) is 9.59 Å². The Hall–Kier alpha value is -1.42. The van der Waals surface area contributed by atoms with Crippen molar-refractivity contribution in [2.24, 2.45) is 0 Å². The van der Waals surface area contributed by atoms with Gasteiger partial charge >= 0.3 is 0 Å². The maximum atomic E-state index is 11.7. The summed E-state index contributed by atoms with van der Waals surface area (Å²) in [6.07, 6.45) is 3.82. The molecule has 0 bridgehead atoms. The molecule has 2 aliphatic heterocycles. The number of hydrogen-bond donors (Lipinski definition) is 0. The fourth-order valence-corrected chi connectivity index (χ4v) is 2.50. The molecular weight excluding hydrogens is 258 g/mol. The van der Waals surface area contributed by atoms with Crippen molar-refractivity contribution < 1.29 is 9.59 Å². The lowest BCUT2D eigenvalue weighted by Crippen LogP contribution is -2.31. The molecule has 2 aliphatic rings. The Morgan fingerprint density at radius 1 is 1.27 bits per heavy atom. The predicted octanol–water partition coefficient (Wildman–Crippen LogP) is 2.01. The molecule has 1 aromatic carbocycles. The topological polar surface area (TPSA) is 37.4 Å². The first-order valence-corrected chi connectivity index (χ1v) is 5.34. The number of halogens is 1. The lowest BCUT2D eigenvalue weighted by atomic mass is 10.0. The van der Waals surface area contributed by atoms with Gasteiger partial charge in [-0.1, -0.05) is 28.1 Å². The van der Waals surface area contributed by atoms with Crippen LogP contribution in [-0.2, 0) is 4.79 Å². The van der Waals surface area contributed by atoms with E-state index >= 15 is 0 Å². The van der Waals surface area contributed by atoms with Crippen molar-refractivity contribution in [3.05, 3.63) is 33.8 Å². The quantitative estimate of drug-likeness (QED) is 0.672. The van der Waals surface area contributed by atoms with Crippen molar-refractivity contribution in [3.63, 3.8) is 0 Å². The normalized spacial score (nSPS) is 17.3. The second-order valence-corrected chi connectivity index (χ2v) is 4.45. The first-order valence-electron chi connectivity index (χ1n) is 4.55. The molecule has 15 heavy (non-hydrogen) atoms. The van der Waals surface area contributed by atoms with Crippen LogP contribution in [-0.4, -0.2) is 18.2 Å². The van der Waals surface area contributed by atoms with E-state index in [0.717, 1.165) is 15.7 Å². The first-order chi connectivity index (χ1) is 7.18. The molecule has 1 aromatic rings. The number of Topliss-reactive ketones (excluding diaryl/α,β-unsaturated/α-hetero) is 1. The summed E-state index contributed by atoms with van der Waals surface area (Å²) in [5.74, 6) is -0.829. The molecule has 1 amide bonds. The second kappa shape index (κ2) is 2.79. The summed E-state index contributed by atoms with van der Waals surface area (Å²) in [5, 5.41) is 0. The van der Waals surface area contributed by atoms with Gasteiger partial charge in [0.1, 0.15) is 0 Å². The average Bonchev–Trinajstić information content (AvgIpc) is 2.46. The monoisotopic (exact) mass is 263 g/mol. The van der Waals surface area contributed by atoms with Crippen molar-refractivity contribution in [1.82, 2.24) is 0 Å². The number of hydrogen-bond acceptors (Lipinski definition) is 2. The highest BCUT2D eigenvalue weighted by Crippen LogP contribution is 2.37. The molecule has 4 heteroatoms. The van der Waals surface area contributed by atoms with Crippen LogP contribution in [0.15, 0.2) is 22.7 Å². The Labute approximate surface area is 94.5 Å². The average molecular weight is 264 g/mol. The Morgan fingerprint density at radius 2 is 2.07 bits per heavy atom. The van der Waals surface area contributed by atoms with E-state index in [2.05, 4.69) is 15.9 Å². The molecule has 0 unspecified atom stereocenters. The SMILES string of the molecule is O=C1C(=O)N2CC=Cc3cc(Br)cc1c32. The molecule has 0 aromatic heterocycles. The van der Waals surface area contributed by atoms with Gasteiger partial charge in [-0.05, 0) is 17.7 Å². The summed E-state index contributed by atoms with van der Waals surface area (Å²) in [6.45, 7) is 0.492. The van der Waals surface area contributed by atoms with Gasteiger partial charge in [-0.3, -0.25) is 9.59 Å². The highest BCUT2D eigenvalue weighted by Gasteiger charge is 2.37. The van der Waals surface area contributed by atoms with Crippen LogP contribution in [0.25, 0.3) is 6.08 Å². The van der Waals surface area contributed by atoms with E-state index in [4.69, 9.17) is 0 Å². The van der Waals surface area contributed by atoms with E-state index in [1.165, 1.54) is 4.90 Å². The van der Waals surface area contributed by atoms with E-state index < -0.39 is 11.7 Å². The molecule has 0 saturated heterocycles. The van der Waals surface area contributed by atoms with Crippen molar-refractivity contribution >= 4 is 39.4 Å². The zero-order valence-corrected chi connectivity index (χ0v) is 9.24. The number of benzene rings is 1. The molecular formula is C11H6BrNO2. The molecule has 0 radical (unpaired) electrons. The Morgan fingerprint density at radius 3 is 2.87 bits per heavy atom. The zero-order valence-electron chi connectivity index (χ0n) is 7.66. The highest BCUT2D eigenvalue weighted by atomic mass is 79.9. The fourth-order valence-electron chi connectivity index (χ4n) is 2.02. The molecule has 0 atom stereocenters. The lowest BCUT2D eigenvalue weighted by molar-refractivity contribution is -0.114. The van der Waals surface area contributed by atoms with Gasteiger partial charge in [0.05, 0.1) is 11.3 Å². The Balaban J connectivity index is 2.38. The van der Waals surface area contributed by atoms with Crippen molar-refractivity contribution in [2.45, 2.75) is 0 Å². The van der Waals surface area contributed by atoms with Crippen LogP contribution < -0.4 is 4.90 Å². The second-order valence-electron chi connectivity index (χ2n) is 3.54. The van der Waals surface area contributed by atoms with Crippen LogP contribution in [0.4, 0.5) is 5.69 Å². The van der Waals surface area contributed by atoms with Crippen molar-refractivity contribution in [2.75, 3.05) is 11.4 Å². The molecule has 2 heterocycles. The molecule has 0 spiro atoms. The number of nitrogens with zero attached hydrogens (tertiary/aromatic N) is 1. The van der Waals surface area contributed by atoms with Gasteiger partial charge < -0.3 is 4.90 Å². The third-order valence-electron chi connectivity index (χ3n) is 2.64. The molecule has 0 saturated carbocycles. The summed E-state index contributed by atoms with van der Waals surface area (Å²) >= 11 is 3.33. The Bertz CT molecular complexity index is 534. The van der Waals surface area contributed by atoms with Gasteiger partial charge in [-0.15, -0.1) is 0 Å². The molecule has 74 valence electrons. The number of carbonyl (C=O) groups excluding carboxylic acids is 2. The van der Waals surface area contributed by atoms with Crippen LogP contribution in [0.2, 0.25) is 0 Å². The molecule has 0 N–H and O–H groups in total. The number of ketones is 1. The minimum Gasteiger partial charge on any atom is -0.300 e. The maximum Gasteiger partial charge on any atom is 0.299 e. The number of anilines is 1. The first kappa shape index (κ1) is 8.85. The van der Waals surface area contributed by atoms with Gasteiger partial charge in [0.15, 0.2) is 0 Å². The standard InChI is InChI=1S/C11H6BrNO2/c12-7-4-6-2-1-3-13-9(6)8(5-7)10(14)11(13)15/h1-2,4-5H,3H2. The highest BCUT2D eigenvalue weighted by molar-refractivity contribution is 9.10. The summed E-state index contributed by atoms with van der Waals surface area (Å²) in [4.78, 5) is 24.8. The smallest absolute Gasteiger partial charge is 0.299 e. The van der Waals surface area contributed by atoms with Crippen LogP contribution in [0.3, 0.4) is 0 Å². The predicted molar refractivity (Wildman–Crippen MR) is 59.9 cm³/mol. The van der Waals surface area contributed by atoms with E-state index in [-0.39, 0.29) is 0 Å². The zero-order chi connectivity index (χ0) is 10.6. The number of rotatable bonds is 0. The minimum absolute atomic E-state index is 0.406. The van der Waals surface area contributed by atoms with E-state index in [1.54, 1.807) is 6.07 Å². The maximum absolute atomic E-state index is 11.7.